The Balaban J connectivity index is 1.92. The number of fused-ring (bicyclic) bond motifs is 1. The average Bonchev–Trinajstić information content (AvgIpc) is 2.84. The molecule has 0 fully saturated rings. The molecule has 112 valence electrons. The third-order valence-corrected chi connectivity index (χ3v) is 4.30. The van der Waals surface area contributed by atoms with Crippen molar-refractivity contribution >= 4 is 0 Å². The smallest absolute Gasteiger partial charge is 0.162 e. The highest BCUT2D eigenvalue weighted by Crippen LogP contribution is 2.30. The Labute approximate surface area is 125 Å². The van der Waals surface area contributed by atoms with Gasteiger partial charge >= 0.3 is 0 Å². The van der Waals surface area contributed by atoms with Gasteiger partial charge in [0.15, 0.2) is 5.82 Å². The monoisotopic (exact) mass is 285 g/mol. The number of aromatic nitrogens is 4. The van der Waals surface area contributed by atoms with Crippen LogP contribution in [-0.2, 0) is 13.5 Å². The van der Waals surface area contributed by atoms with Gasteiger partial charge in [0.05, 0.1) is 11.8 Å². The molecule has 1 unspecified atom stereocenters. The second-order valence-electron chi connectivity index (χ2n) is 5.76. The minimum Gasteiger partial charge on any atom is -0.310 e. The van der Waals surface area contributed by atoms with Crippen molar-refractivity contribution in [3.8, 4) is 11.4 Å². The summed E-state index contributed by atoms with van der Waals surface area (Å²) in [6, 6.07) is 0.415. The largest absolute Gasteiger partial charge is 0.310 e. The quantitative estimate of drug-likeness (QED) is 0.938. The van der Waals surface area contributed by atoms with Gasteiger partial charge in [0.1, 0.15) is 0 Å². The molecule has 3 rings (SSSR count). The van der Waals surface area contributed by atoms with Crippen LogP contribution in [0.4, 0.5) is 0 Å². The molecule has 2 aromatic heterocycles. The first-order chi connectivity index (χ1) is 10.2. The molecule has 1 aliphatic rings. The molecule has 0 bridgehead atoms. The molecule has 0 aromatic carbocycles. The molecule has 0 radical (unpaired) electrons. The predicted molar refractivity (Wildman–Crippen MR) is 82.9 cm³/mol. The maximum atomic E-state index is 4.81. The first-order valence-electron chi connectivity index (χ1n) is 7.79. The minimum absolute atomic E-state index is 0.415. The van der Waals surface area contributed by atoms with Gasteiger partial charge in [0, 0.05) is 36.2 Å². The van der Waals surface area contributed by atoms with Gasteiger partial charge in [-0.2, -0.15) is 5.10 Å². The Bertz CT molecular complexity index is 632. The van der Waals surface area contributed by atoms with E-state index in [2.05, 4.69) is 29.2 Å². The van der Waals surface area contributed by atoms with Crippen LogP contribution in [0.1, 0.15) is 49.2 Å². The molecule has 21 heavy (non-hydrogen) atoms. The number of rotatable bonds is 4. The van der Waals surface area contributed by atoms with E-state index in [1.165, 1.54) is 24.1 Å². The fourth-order valence-electron chi connectivity index (χ4n) is 2.93. The SMILES string of the molecule is CCCNC1CCCc2nc(-c3cnn(C)c3C)ncc21. The van der Waals surface area contributed by atoms with Crippen LogP contribution in [0, 0.1) is 6.92 Å². The number of nitrogens with one attached hydrogen (secondary N) is 1. The van der Waals surface area contributed by atoms with Gasteiger partial charge in [-0.05, 0) is 39.2 Å². The number of hydrogen-bond donors (Lipinski definition) is 1. The van der Waals surface area contributed by atoms with E-state index in [-0.39, 0.29) is 0 Å². The first-order valence-corrected chi connectivity index (χ1v) is 7.79. The first kappa shape index (κ1) is 14.2. The van der Waals surface area contributed by atoms with Crippen molar-refractivity contribution in [1.29, 1.82) is 0 Å². The second-order valence-corrected chi connectivity index (χ2v) is 5.76. The van der Waals surface area contributed by atoms with E-state index in [0.717, 1.165) is 36.5 Å². The summed E-state index contributed by atoms with van der Waals surface area (Å²) >= 11 is 0. The van der Waals surface area contributed by atoms with Crippen LogP contribution in [0.15, 0.2) is 12.4 Å². The van der Waals surface area contributed by atoms with Crippen molar-refractivity contribution in [2.75, 3.05) is 6.54 Å². The zero-order chi connectivity index (χ0) is 14.8. The van der Waals surface area contributed by atoms with E-state index in [1.807, 2.05) is 24.1 Å². The molecular weight excluding hydrogens is 262 g/mol. The summed E-state index contributed by atoms with van der Waals surface area (Å²) in [6.07, 6.45) is 8.44. The van der Waals surface area contributed by atoms with Crippen molar-refractivity contribution in [3.63, 3.8) is 0 Å². The second kappa shape index (κ2) is 5.93. The summed E-state index contributed by atoms with van der Waals surface area (Å²) in [6.45, 7) is 5.30. The summed E-state index contributed by atoms with van der Waals surface area (Å²) in [5.74, 6) is 0.801. The highest BCUT2D eigenvalue weighted by Gasteiger charge is 2.22. The Morgan fingerprint density at radius 2 is 2.24 bits per heavy atom. The fourth-order valence-corrected chi connectivity index (χ4v) is 2.93. The lowest BCUT2D eigenvalue weighted by Crippen LogP contribution is -2.26. The number of aryl methyl sites for hydroxylation is 2. The Kier molecular flexibility index (Phi) is 4.01. The molecule has 0 saturated heterocycles. The number of nitrogens with zero attached hydrogens (tertiary/aromatic N) is 4. The molecule has 0 saturated carbocycles. The van der Waals surface area contributed by atoms with Gasteiger partial charge in [-0.3, -0.25) is 4.68 Å². The Morgan fingerprint density at radius 1 is 1.38 bits per heavy atom. The van der Waals surface area contributed by atoms with Crippen molar-refractivity contribution in [2.45, 2.75) is 45.6 Å². The topological polar surface area (TPSA) is 55.6 Å². The highest BCUT2D eigenvalue weighted by atomic mass is 15.3. The van der Waals surface area contributed by atoms with Crippen molar-refractivity contribution in [2.24, 2.45) is 7.05 Å². The molecule has 1 atom stereocenters. The molecule has 0 spiro atoms. The van der Waals surface area contributed by atoms with E-state index in [9.17, 15) is 0 Å². The molecule has 5 heteroatoms. The molecule has 0 amide bonds. The molecule has 5 nitrogen and oxygen atoms in total. The fraction of sp³-hybridized carbons (Fsp3) is 0.562. The van der Waals surface area contributed by atoms with Gasteiger partial charge in [-0.15, -0.1) is 0 Å². The molecule has 2 heterocycles. The van der Waals surface area contributed by atoms with E-state index in [1.54, 1.807) is 0 Å². The summed E-state index contributed by atoms with van der Waals surface area (Å²) in [7, 11) is 1.95. The van der Waals surface area contributed by atoms with E-state index < -0.39 is 0 Å². The third-order valence-electron chi connectivity index (χ3n) is 4.30. The zero-order valence-corrected chi connectivity index (χ0v) is 13.1. The highest BCUT2D eigenvalue weighted by molar-refractivity contribution is 5.57. The Morgan fingerprint density at radius 3 is 2.95 bits per heavy atom. The molecule has 1 N–H and O–H groups in total. The van der Waals surface area contributed by atoms with Gasteiger partial charge in [0.25, 0.3) is 0 Å². The average molecular weight is 285 g/mol. The maximum absolute atomic E-state index is 4.81. The maximum Gasteiger partial charge on any atom is 0.162 e. The third kappa shape index (κ3) is 2.70. The van der Waals surface area contributed by atoms with Gasteiger partial charge in [-0.1, -0.05) is 6.92 Å². The summed E-state index contributed by atoms with van der Waals surface area (Å²) in [4.78, 5) is 9.40. The van der Waals surface area contributed by atoms with Crippen LogP contribution in [-0.4, -0.2) is 26.3 Å². The summed E-state index contributed by atoms with van der Waals surface area (Å²) in [5, 5.41) is 7.89. The summed E-state index contributed by atoms with van der Waals surface area (Å²) < 4.78 is 1.86. The van der Waals surface area contributed by atoms with Gasteiger partial charge in [0.2, 0.25) is 0 Å². The van der Waals surface area contributed by atoms with E-state index >= 15 is 0 Å². The van der Waals surface area contributed by atoms with Crippen LogP contribution in [0.2, 0.25) is 0 Å². The van der Waals surface area contributed by atoms with Crippen LogP contribution >= 0.6 is 0 Å². The normalized spacial score (nSPS) is 17.8. The van der Waals surface area contributed by atoms with Crippen molar-refractivity contribution in [1.82, 2.24) is 25.1 Å². The van der Waals surface area contributed by atoms with Crippen LogP contribution in [0.3, 0.4) is 0 Å². The van der Waals surface area contributed by atoms with Crippen molar-refractivity contribution < 1.29 is 0 Å². The zero-order valence-electron chi connectivity index (χ0n) is 13.1. The molecule has 0 aliphatic heterocycles. The van der Waals surface area contributed by atoms with Crippen LogP contribution in [0.5, 0.6) is 0 Å². The Hall–Kier alpha value is -1.75. The van der Waals surface area contributed by atoms with E-state index in [0.29, 0.717) is 6.04 Å². The number of hydrogen-bond acceptors (Lipinski definition) is 4. The molecule has 1 aliphatic carbocycles. The van der Waals surface area contributed by atoms with Crippen LogP contribution < -0.4 is 5.32 Å². The lowest BCUT2D eigenvalue weighted by Gasteiger charge is -2.25. The minimum atomic E-state index is 0.415. The lowest BCUT2D eigenvalue weighted by molar-refractivity contribution is 0.454. The van der Waals surface area contributed by atoms with Crippen LogP contribution in [0.25, 0.3) is 11.4 Å². The molecule has 2 aromatic rings. The summed E-state index contributed by atoms with van der Waals surface area (Å²) in [5.41, 5.74) is 4.61. The van der Waals surface area contributed by atoms with Gasteiger partial charge in [-0.25, -0.2) is 9.97 Å². The van der Waals surface area contributed by atoms with Gasteiger partial charge < -0.3 is 5.32 Å². The standard InChI is InChI=1S/C16H23N5/c1-4-8-17-14-6-5-7-15-13(14)9-18-16(20-15)12-10-19-21(3)11(12)2/h9-10,14,17H,4-8H2,1-3H3. The van der Waals surface area contributed by atoms with Crippen molar-refractivity contribution in [3.05, 3.63) is 29.3 Å². The molecular formula is C16H23N5. The predicted octanol–water partition coefficient (Wildman–Crippen LogP) is 2.56. The lowest BCUT2D eigenvalue weighted by atomic mass is 9.92. The van der Waals surface area contributed by atoms with E-state index in [4.69, 9.17) is 4.98 Å².